The fourth-order valence-corrected chi connectivity index (χ4v) is 4.60. The van der Waals surface area contributed by atoms with E-state index in [2.05, 4.69) is 18.2 Å². The van der Waals surface area contributed by atoms with E-state index in [0.29, 0.717) is 13.0 Å². The van der Waals surface area contributed by atoms with Crippen LogP contribution in [0.5, 0.6) is 0 Å². The minimum absolute atomic E-state index is 0.115. The van der Waals surface area contributed by atoms with Gasteiger partial charge in [-0.05, 0) is 44.7 Å². The van der Waals surface area contributed by atoms with Crippen molar-refractivity contribution < 1.29 is 14.3 Å². The van der Waals surface area contributed by atoms with Crippen LogP contribution in [0.25, 0.3) is 0 Å². The van der Waals surface area contributed by atoms with Crippen LogP contribution in [0.1, 0.15) is 51.9 Å². The third-order valence-electron chi connectivity index (χ3n) is 4.82. The van der Waals surface area contributed by atoms with Crippen LogP contribution in [0.15, 0.2) is 51.8 Å². The predicted octanol–water partition coefficient (Wildman–Crippen LogP) is 5.24. The van der Waals surface area contributed by atoms with E-state index in [0.717, 1.165) is 66.1 Å². The van der Waals surface area contributed by atoms with Gasteiger partial charge in [-0.1, -0.05) is 48.9 Å². The van der Waals surface area contributed by atoms with Crippen molar-refractivity contribution in [1.29, 1.82) is 0 Å². The maximum atomic E-state index is 13.2. The largest absolute Gasteiger partial charge is 0.466 e. The van der Waals surface area contributed by atoms with Gasteiger partial charge in [-0.25, -0.2) is 0 Å². The number of rotatable bonds is 8. The molecule has 1 aromatic carbocycles. The second kappa shape index (κ2) is 9.79. The zero-order valence-electron chi connectivity index (χ0n) is 15.9. The zero-order chi connectivity index (χ0) is 19.1. The lowest BCUT2D eigenvalue weighted by molar-refractivity contribution is -0.143. The highest BCUT2D eigenvalue weighted by Gasteiger charge is 2.28. The molecule has 0 spiro atoms. The summed E-state index contributed by atoms with van der Waals surface area (Å²) < 4.78 is 4.96. The average Bonchev–Trinajstić information content (AvgIpc) is 2.79. The molecule has 0 fully saturated rings. The summed E-state index contributed by atoms with van der Waals surface area (Å²) in [5.74, 6) is 0.0364. The molecule has 1 amide bonds. The van der Waals surface area contributed by atoms with E-state index in [4.69, 9.17) is 4.74 Å². The normalized spacial score (nSPS) is 16.0. The van der Waals surface area contributed by atoms with Gasteiger partial charge in [-0.3, -0.25) is 9.59 Å². The van der Waals surface area contributed by atoms with Crippen molar-refractivity contribution in [2.75, 3.05) is 18.1 Å². The maximum Gasteiger partial charge on any atom is 0.305 e. The van der Waals surface area contributed by atoms with E-state index in [-0.39, 0.29) is 11.9 Å². The van der Waals surface area contributed by atoms with Crippen LogP contribution >= 0.6 is 11.8 Å². The van der Waals surface area contributed by atoms with Crippen LogP contribution in [0.3, 0.4) is 0 Å². The molecule has 1 aliphatic carbocycles. The van der Waals surface area contributed by atoms with Crippen LogP contribution in [0.4, 0.5) is 5.69 Å². The van der Waals surface area contributed by atoms with Crippen LogP contribution in [0.2, 0.25) is 0 Å². The van der Waals surface area contributed by atoms with Crippen molar-refractivity contribution in [2.24, 2.45) is 0 Å². The standard InChI is InChI=1S/C22H27NO3S/c1-2-26-21(24)15-5-3-4-10-16-23-18-12-7-9-14-20(18)27-19-13-8-6-11-17(19)22(23)25/h7-9,12-14H,2-6,10-11,15-16H2,1H3. The number of hydrogen-bond acceptors (Lipinski definition) is 4. The molecule has 2 aliphatic rings. The lowest BCUT2D eigenvalue weighted by Gasteiger charge is -2.24. The van der Waals surface area contributed by atoms with Gasteiger partial charge in [0.1, 0.15) is 0 Å². The van der Waals surface area contributed by atoms with Gasteiger partial charge in [0, 0.05) is 28.3 Å². The number of allylic oxidation sites excluding steroid dienone is 2. The fourth-order valence-electron chi connectivity index (χ4n) is 3.45. The second-order valence-electron chi connectivity index (χ2n) is 6.78. The number of hydrogen-bond donors (Lipinski definition) is 0. The number of benzene rings is 1. The number of amides is 1. The van der Waals surface area contributed by atoms with Crippen LogP contribution in [-0.4, -0.2) is 25.0 Å². The molecule has 0 saturated carbocycles. The fraction of sp³-hybridized carbons (Fsp3) is 0.455. The van der Waals surface area contributed by atoms with E-state index in [1.165, 1.54) is 0 Å². The Labute approximate surface area is 165 Å². The summed E-state index contributed by atoms with van der Waals surface area (Å²) in [7, 11) is 0. The van der Waals surface area contributed by atoms with Gasteiger partial charge in [0.05, 0.1) is 12.3 Å². The summed E-state index contributed by atoms with van der Waals surface area (Å²) in [6, 6.07) is 8.17. The number of nitrogens with zero attached hydrogens (tertiary/aromatic N) is 1. The lowest BCUT2D eigenvalue weighted by atomic mass is 10.0. The average molecular weight is 386 g/mol. The molecule has 0 atom stereocenters. The van der Waals surface area contributed by atoms with E-state index in [1.54, 1.807) is 11.8 Å². The Morgan fingerprint density at radius 1 is 1.19 bits per heavy atom. The van der Waals surface area contributed by atoms with Crippen LogP contribution < -0.4 is 4.90 Å². The Morgan fingerprint density at radius 3 is 2.85 bits per heavy atom. The van der Waals surface area contributed by atoms with Gasteiger partial charge in [0.15, 0.2) is 0 Å². The zero-order valence-corrected chi connectivity index (χ0v) is 16.7. The Balaban J connectivity index is 1.60. The molecule has 0 bridgehead atoms. The summed E-state index contributed by atoms with van der Waals surface area (Å²) in [5, 5.41) is 0. The number of anilines is 1. The van der Waals surface area contributed by atoms with Crippen molar-refractivity contribution in [3.05, 3.63) is 46.9 Å². The van der Waals surface area contributed by atoms with E-state index < -0.39 is 0 Å². The number of ether oxygens (including phenoxy) is 1. The van der Waals surface area contributed by atoms with Crippen molar-refractivity contribution >= 4 is 29.3 Å². The van der Waals surface area contributed by atoms with Crippen LogP contribution in [0, 0.1) is 0 Å². The smallest absolute Gasteiger partial charge is 0.305 e. The Morgan fingerprint density at radius 2 is 2.00 bits per heavy atom. The van der Waals surface area contributed by atoms with Gasteiger partial charge in [0.2, 0.25) is 0 Å². The first-order chi connectivity index (χ1) is 13.2. The topological polar surface area (TPSA) is 46.6 Å². The number of unbranched alkanes of at least 4 members (excludes halogenated alkanes) is 3. The molecule has 1 heterocycles. The first kappa shape index (κ1) is 19.7. The molecule has 0 radical (unpaired) electrons. The van der Waals surface area contributed by atoms with Crippen LogP contribution in [-0.2, 0) is 14.3 Å². The molecule has 5 heteroatoms. The van der Waals surface area contributed by atoms with Crippen molar-refractivity contribution in [1.82, 2.24) is 0 Å². The van der Waals surface area contributed by atoms with E-state index in [9.17, 15) is 9.59 Å². The molecule has 27 heavy (non-hydrogen) atoms. The third-order valence-corrected chi connectivity index (χ3v) is 5.99. The van der Waals surface area contributed by atoms with Crippen molar-refractivity contribution in [3.8, 4) is 0 Å². The summed E-state index contributed by atoms with van der Waals surface area (Å²) in [6.45, 7) is 2.99. The SMILES string of the molecule is CCOC(=O)CCCCCCN1C(=O)C2=C(C=CCC2)Sc2ccccc21. The molecule has 0 unspecified atom stereocenters. The number of para-hydroxylation sites is 1. The van der Waals surface area contributed by atoms with Crippen molar-refractivity contribution in [3.63, 3.8) is 0 Å². The molecular weight excluding hydrogens is 358 g/mol. The first-order valence-electron chi connectivity index (χ1n) is 9.84. The quantitative estimate of drug-likeness (QED) is 0.453. The molecule has 4 nitrogen and oxygen atoms in total. The molecule has 1 aliphatic heterocycles. The number of thioether (sulfide) groups is 1. The van der Waals surface area contributed by atoms with Crippen molar-refractivity contribution in [2.45, 2.75) is 56.8 Å². The Hall–Kier alpha value is -2.01. The minimum atomic E-state index is -0.115. The van der Waals surface area contributed by atoms with Gasteiger partial charge in [-0.15, -0.1) is 0 Å². The molecule has 3 rings (SSSR count). The first-order valence-corrected chi connectivity index (χ1v) is 10.7. The third kappa shape index (κ3) is 5.04. The number of fused-ring (bicyclic) bond motifs is 1. The maximum absolute atomic E-state index is 13.2. The summed E-state index contributed by atoms with van der Waals surface area (Å²) in [6.07, 6.45) is 10.3. The van der Waals surface area contributed by atoms with Gasteiger partial charge in [0.25, 0.3) is 5.91 Å². The summed E-state index contributed by atoms with van der Waals surface area (Å²) in [4.78, 5) is 28.8. The molecule has 144 valence electrons. The summed E-state index contributed by atoms with van der Waals surface area (Å²) in [5.41, 5.74) is 1.96. The Kier molecular flexibility index (Phi) is 7.16. The highest BCUT2D eigenvalue weighted by Crippen LogP contribution is 2.43. The monoisotopic (exact) mass is 385 g/mol. The predicted molar refractivity (Wildman–Crippen MR) is 110 cm³/mol. The molecule has 1 aromatic rings. The highest BCUT2D eigenvalue weighted by molar-refractivity contribution is 8.03. The molecule has 0 saturated heterocycles. The van der Waals surface area contributed by atoms with Gasteiger partial charge >= 0.3 is 5.97 Å². The molecule has 0 aromatic heterocycles. The van der Waals surface area contributed by atoms with E-state index in [1.807, 2.05) is 30.0 Å². The number of carbonyl (C=O) groups is 2. The number of carbonyl (C=O) groups excluding carboxylic acids is 2. The highest BCUT2D eigenvalue weighted by atomic mass is 32.2. The van der Waals surface area contributed by atoms with Gasteiger partial charge in [-0.2, -0.15) is 0 Å². The molecular formula is C22H27NO3S. The summed E-state index contributed by atoms with van der Waals surface area (Å²) >= 11 is 1.70. The van der Waals surface area contributed by atoms with Gasteiger partial charge < -0.3 is 9.64 Å². The Bertz CT molecular complexity index is 754. The molecule has 0 N–H and O–H groups in total. The van der Waals surface area contributed by atoms with E-state index >= 15 is 0 Å². The minimum Gasteiger partial charge on any atom is -0.466 e. The lowest BCUT2D eigenvalue weighted by Crippen LogP contribution is -2.33. The second-order valence-corrected chi connectivity index (χ2v) is 7.86. The number of esters is 1.